The van der Waals surface area contributed by atoms with E-state index in [2.05, 4.69) is 77.7 Å². The number of thiophene rings is 1. The van der Waals surface area contributed by atoms with Gasteiger partial charge in [-0.05, 0) is 79.7 Å². The molecule has 6 rings (SSSR count). The molecule has 0 bridgehead atoms. The van der Waals surface area contributed by atoms with Crippen LogP contribution in [0.15, 0.2) is 66.7 Å². The standard InChI is InChI=1S/C36H44N4O3S.C2HF3O2/c1-24(2)19-31(38-36(42)34-20-25-9-4-7-13-33(25)44-34)35(41)37-27-16-18-40(22-27)21-26-14-15-32(30-12-6-5-11-29(26)30)43-23-28-10-8-17-39(28)3;3-2(4,5)1(6)7/h4-7,9,11-15,20,24,27-28,31H,8,10,16-19,21-23H2,1-3H3,(H,37,41)(H,38,42);(H,6,7)/t27-,28-,31-;/m0./s1. The lowest BCUT2D eigenvalue weighted by molar-refractivity contribution is -0.192. The van der Waals surface area contributed by atoms with Gasteiger partial charge in [0.15, 0.2) is 0 Å². The van der Waals surface area contributed by atoms with E-state index in [9.17, 15) is 22.8 Å². The Morgan fingerprint density at radius 2 is 1.71 bits per heavy atom. The number of benzene rings is 3. The molecule has 51 heavy (non-hydrogen) atoms. The van der Waals surface area contributed by atoms with Crippen molar-refractivity contribution in [3.05, 3.63) is 77.2 Å². The van der Waals surface area contributed by atoms with Crippen LogP contribution in [0, 0.1) is 5.92 Å². The molecule has 4 aromatic rings. The van der Waals surface area contributed by atoms with E-state index in [4.69, 9.17) is 14.6 Å². The first kappa shape index (κ1) is 38.0. The number of fused-ring (bicyclic) bond motifs is 2. The molecule has 2 saturated heterocycles. The predicted molar refractivity (Wildman–Crippen MR) is 193 cm³/mol. The number of hydrogen-bond acceptors (Lipinski definition) is 7. The fraction of sp³-hybridized carbons (Fsp3) is 0.447. The first-order chi connectivity index (χ1) is 24.3. The van der Waals surface area contributed by atoms with E-state index in [-0.39, 0.29) is 23.8 Å². The lowest BCUT2D eigenvalue weighted by atomic mass is 10.0. The molecule has 3 aromatic carbocycles. The van der Waals surface area contributed by atoms with Crippen molar-refractivity contribution in [1.82, 2.24) is 20.4 Å². The maximum Gasteiger partial charge on any atom is 0.490 e. The van der Waals surface area contributed by atoms with Gasteiger partial charge in [-0.25, -0.2) is 4.79 Å². The van der Waals surface area contributed by atoms with Crippen molar-refractivity contribution in [2.75, 3.05) is 33.3 Å². The van der Waals surface area contributed by atoms with Crippen LogP contribution in [0.4, 0.5) is 13.2 Å². The second-order valence-corrected chi connectivity index (χ2v) is 14.8. The summed E-state index contributed by atoms with van der Waals surface area (Å²) >= 11 is 1.46. The molecule has 2 fully saturated rings. The number of rotatable bonds is 11. The van der Waals surface area contributed by atoms with Crippen LogP contribution < -0.4 is 15.4 Å². The average molecular weight is 727 g/mol. The largest absolute Gasteiger partial charge is 0.491 e. The third-order valence-corrected chi connectivity index (χ3v) is 10.4. The maximum absolute atomic E-state index is 13.5. The summed E-state index contributed by atoms with van der Waals surface area (Å²) in [6.07, 6.45) is -1.17. The number of alkyl halides is 3. The molecule has 274 valence electrons. The van der Waals surface area contributed by atoms with Crippen LogP contribution in [0.2, 0.25) is 0 Å². The Morgan fingerprint density at radius 3 is 2.37 bits per heavy atom. The molecule has 13 heteroatoms. The normalized spacial score (nSPS) is 18.8. The van der Waals surface area contributed by atoms with Crippen molar-refractivity contribution in [2.24, 2.45) is 5.92 Å². The van der Waals surface area contributed by atoms with E-state index < -0.39 is 18.2 Å². The van der Waals surface area contributed by atoms with Gasteiger partial charge in [0.05, 0.1) is 4.88 Å². The van der Waals surface area contributed by atoms with Crippen LogP contribution in [-0.2, 0) is 16.1 Å². The molecule has 3 N–H and O–H groups in total. The van der Waals surface area contributed by atoms with E-state index in [1.807, 2.05) is 30.3 Å². The van der Waals surface area contributed by atoms with Crippen LogP contribution in [-0.4, -0.2) is 90.3 Å². The monoisotopic (exact) mass is 726 g/mol. The van der Waals surface area contributed by atoms with Crippen LogP contribution in [0.5, 0.6) is 5.75 Å². The minimum atomic E-state index is -5.08. The lowest BCUT2D eigenvalue weighted by Gasteiger charge is -2.23. The van der Waals surface area contributed by atoms with Crippen molar-refractivity contribution in [2.45, 2.75) is 70.4 Å². The molecule has 3 heterocycles. The fourth-order valence-electron chi connectivity index (χ4n) is 6.64. The van der Waals surface area contributed by atoms with Crippen molar-refractivity contribution < 1.29 is 37.4 Å². The van der Waals surface area contributed by atoms with Gasteiger partial charge in [-0.2, -0.15) is 13.2 Å². The molecule has 0 aliphatic carbocycles. The van der Waals surface area contributed by atoms with Gasteiger partial charge >= 0.3 is 12.1 Å². The number of nitrogens with one attached hydrogen (secondary N) is 2. The van der Waals surface area contributed by atoms with Crippen LogP contribution in [0.3, 0.4) is 0 Å². The maximum atomic E-state index is 13.5. The fourth-order valence-corrected chi connectivity index (χ4v) is 7.60. The molecule has 2 aliphatic rings. The number of aliphatic carboxylic acids is 1. The van der Waals surface area contributed by atoms with Crippen molar-refractivity contribution >= 4 is 50.0 Å². The van der Waals surface area contributed by atoms with Crippen molar-refractivity contribution in [3.63, 3.8) is 0 Å². The summed E-state index contributed by atoms with van der Waals surface area (Å²) in [6, 6.07) is 22.7. The first-order valence-corrected chi connectivity index (χ1v) is 18.1. The number of likely N-dealkylation sites (N-methyl/N-ethyl adjacent to an activating group) is 1. The first-order valence-electron chi connectivity index (χ1n) is 17.2. The molecule has 0 saturated carbocycles. The second kappa shape index (κ2) is 16.9. The quantitative estimate of drug-likeness (QED) is 0.158. The van der Waals surface area contributed by atoms with Crippen molar-refractivity contribution in [3.8, 4) is 5.75 Å². The number of carbonyl (C=O) groups excluding carboxylic acids is 2. The van der Waals surface area contributed by atoms with Gasteiger partial charge < -0.3 is 25.4 Å². The summed E-state index contributed by atoms with van der Waals surface area (Å²) in [5.41, 5.74) is 1.27. The molecular weight excluding hydrogens is 682 g/mol. The van der Waals surface area contributed by atoms with Crippen LogP contribution >= 0.6 is 11.3 Å². The van der Waals surface area contributed by atoms with Crippen LogP contribution in [0.1, 0.15) is 54.8 Å². The number of nitrogens with zero attached hydrogens (tertiary/aromatic N) is 2. The van der Waals surface area contributed by atoms with Crippen LogP contribution in [0.25, 0.3) is 20.9 Å². The van der Waals surface area contributed by atoms with E-state index in [1.54, 1.807) is 0 Å². The molecule has 0 unspecified atom stereocenters. The summed E-state index contributed by atoms with van der Waals surface area (Å²) in [5, 5.41) is 16.8. The molecule has 2 amide bonds. The number of ether oxygens (including phenoxy) is 1. The van der Waals surface area contributed by atoms with Gasteiger partial charge in [0.1, 0.15) is 18.4 Å². The topological polar surface area (TPSA) is 111 Å². The van der Waals surface area contributed by atoms with Gasteiger partial charge in [0.25, 0.3) is 5.91 Å². The minimum Gasteiger partial charge on any atom is -0.491 e. The molecule has 2 aliphatic heterocycles. The number of hydrogen-bond donors (Lipinski definition) is 3. The van der Waals surface area contributed by atoms with E-state index >= 15 is 0 Å². The highest BCUT2D eigenvalue weighted by molar-refractivity contribution is 7.20. The van der Waals surface area contributed by atoms with E-state index in [0.717, 1.165) is 60.4 Å². The number of amides is 2. The Balaban J connectivity index is 0.000000654. The van der Waals surface area contributed by atoms with Gasteiger partial charge in [-0.1, -0.05) is 62.4 Å². The Kier molecular flexibility index (Phi) is 12.6. The zero-order valence-corrected chi connectivity index (χ0v) is 29.9. The molecule has 0 radical (unpaired) electrons. The Hall–Kier alpha value is -4.20. The summed E-state index contributed by atoms with van der Waals surface area (Å²) < 4.78 is 39.2. The summed E-state index contributed by atoms with van der Waals surface area (Å²) in [5.74, 6) is -1.82. The molecular formula is C38H45F3N4O5S. The lowest BCUT2D eigenvalue weighted by Crippen LogP contribution is -2.50. The third kappa shape index (κ3) is 10.2. The predicted octanol–water partition coefficient (Wildman–Crippen LogP) is 6.70. The summed E-state index contributed by atoms with van der Waals surface area (Å²) in [4.78, 5) is 41.0. The number of carboxylic acid groups (broad SMARTS) is 1. The second-order valence-electron chi connectivity index (χ2n) is 13.7. The number of carbonyl (C=O) groups is 3. The third-order valence-electron chi connectivity index (χ3n) is 9.31. The number of carboxylic acids is 1. The SMILES string of the molecule is CC(C)C[C@H](NC(=O)c1cc2ccccc2s1)C(=O)N[C@H]1CCN(Cc2ccc(OC[C@@H]3CCCN3C)c3ccccc23)C1.O=C(O)C(F)(F)F. The minimum absolute atomic E-state index is 0.0515. The average Bonchev–Trinajstić information content (AvgIpc) is 3.83. The van der Waals surface area contributed by atoms with Gasteiger partial charge in [0, 0.05) is 41.8 Å². The molecule has 0 spiro atoms. The van der Waals surface area contributed by atoms with E-state index in [1.165, 1.54) is 35.1 Å². The summed E-state index contributed by atoms with van der Waals surface area (Å²) in [7, 11) is 2.18. The Labute approximate surface area is 299 Å². The number of halogens is 3. The smallest absolute Gasteiger partial charge is 0.490 e. The summed E-state index contributed by atoms with van der Waals surface area (Å²) in [6.45, 7) is 8.53. The molecule has 9 nitrogen and oxygen atoms in total. The van der Waals surface area contributed by atoms with Gasteiger partial charge in [-0.15, -0.1) is 11.3 Å². The Bertz CT molecular complexity index is 1800. The van der Waals surface area contributed by atoms with Crippen molar-refractivity contribution in [1.29, 1.82) is 0 Å². The highest BCUT2D eigenvalue weighted by atomic mass is 32.1. The number of likely N-dealkylation sites (tertiary alicyclic amines) is 2. The molecule has 3 atom stereocenters. The molecule has 1 aromatic heterocycles. The zero-order chi connectivity index (χ0) is 36.7. The van der Waals surface area contributed by atoms with Gasteiger partial charge in [0.2, 0.25) is 5.91 Å². The zero-order valence-electron chi connectivity index (χ0n) is 29.0. The van der Waals surface area contributed by atoms with Gasteiger partial charge in [-0.3, -0.25) is 14.5 Å². The highest BCUT2D eigenvalue weighted by Crippen LogP contribution is 2.31. The van der Waals surface area contributed by atoms with E-state index in [0.29, 0.717) is 17.3 Å². The Morgan fingerprint density at radius 1 is 1.00 bits per heavy atom. The highest BCUT2D eigenvalue weighted by Gasteiger charge is 2.38.